The van der Waals surface area contributed by atoms with Crippen LogP contribution in [0.3, 0.4) is 0 Å². The van der Waals surface area contributed by atoms with Crippen LogP contribution in [0.15, 0.2) is 53.5 Å². The van der Waals surface area contributed by atoms with Gasteiger partial charge in [0.2, 0.25) is 0 Å². The first-order valence-corrected chi connectivity index (χ1v) is 8.81. The van der Waals surface area contributed by atoms with E-state index < -0.39 is 0 Å². The molecule has 1 amide bonds. The molecule has 7 nitrogen and oxygen atoms in total. The lowest BCUT2D eigenvalue weighted by Gasteiger charge is -2.01. The molecular weight excluding hydrogens is 350 g/mol. The normalized spacial score (nSPS) is 11.0. The van der Waals surface area contributed by atoms with Gasteiger partial charge in [0.15, 0.2) is 0 Å². The number of fused-ring (bicyclic) bond motifs is 1. The smallest absolute Gasteiger partial charge is 0.265 e. The molecule has 0 aliphatic heterocycles. The predicted octanol–water partition coefficient (Wildman–Crippen LogP) is 2.41. The minimum Gasteiger partial charge on any atom is -0.346 e. The summed E-state index contributed by atoms with van der Waals surface area (Å²) in [5.41, 5.74) is 2.12. The van der Waals surface area contributed by atoms with E-state index in [9.17, 15) is 9.59 Å². The molecule has 0 spiro atoms. The maximum absolute atomic E-state index is 12.4. The number of pyridine rings is 1. The molecule has 130 valence electrons. The molecule has 4 rings (SSSR count). The zero-order valence-electron chi connectivity index (χ0n) is 13.9. The van der Waals surface area contributed by atoms with Crippen LogP contribution in [0.5, 0.6) is 0 Å². The number of aromatic amines is 1. The van der Waals surface area contributed by atoms with Crippen LogP contribution in [0.25, 0.3) is 15.8 Å². The highest BCUT2D eigenvalue weighted by molar-refractivity contribution is 7.20. The van der Waals surface area contributed by atoms with Crippen LogP contribution in [0.4, 0.5) is 0 Å². The van der Waals surface area contributed by atoms with Gasteiger partial charge in [0, 0.05) is 11.6 Å². The number of aryl methyl sites for hydroxylation is 1. The Bertz CT molecular complexity index is 1140. The van der Waals surface area contributed by atoms with E-state index in [0.29, 0.717) is 15.3 Å². The number of aromatic nitrogens is 4. The Balaban J connectivity index is 1.51. The van der Waals surface area contributed by atoms with Crippen molar-refractivity contribution in [2.24, 2.45) is 0 Å². The van der Waals surface area contributed by atoms with E-state index in [1.54, 1.807) is 23.1 Å². The Labute approximate surface area is 152 Å². The quantitative estimate of drug-likeness (QED) is 0.581. The van der Waals surface area contributed by atoms with Crippen molar-refractivity contribution in [3.63, 3.8) is 0 Å². The molecule has 0 atom stereocenters. The highest BCUT2D eigenvalue weighted by Gasteiger charge is 2.14. The molecule has 1 aromatic carbocycles. The highest BCUT2D eigenvalue weighted by Crippen LogP contribution is 2.21. The van der Waals surface area contributed by atoms with E-state index in [4.69, 9.17) is 0 Å². The molecule has 4 aromatic rings. The monoisotopic (exact) mass is 365 g/mol. The number of hydrogen-bond donors (Lipinski definition) is 2. The van der Waals surface area contributed by atoms with Crippen molar-refractivity contribution >= 4 is 27.3 Å². The molecule has 0 unspecified atom stereocenters. The van der Waals surface area contributed by atoms with Crippen molar-refractivity contribution in [3.8, 4) is 5.69 Å². The molecule has 0 saturated heterocycles. The molecule has 0 aliphatic rings. The van der Waals surface area contributed by atoms with Crippen molar-refractivity contribution < 1.29 is 4.79 Å². The summed E-state index contributed by atoms with van der Waals surface area (Å²) in [6.07, 6.45) is 1.57. The predicted molar refractivity (Wildman–Crippen MR) is 99.7 cm³/mol. The van der Waals surface area contributed by atoms with Crippen LogP contribution in [-0.2, 0) is 6.54 Å². The van der Waals surface area contributed by atoms with Crippen molar-refractivity contribution in [3.05, 3.63) is 75.3 Å². The summed E-state index contributed by atoms with van der Waals surface area (Å²) < 4.78 is 0.545. The van der Waals surface area contributed by atoms with Gasteiger partial charge in [-0.3, -0.25) is 9.59 Å². The summed E-state index contributed by atoms with van der Waals surface area (Å²) in [5.74, 6) is -0.237. The van der Waals surface area contributed by atoms with Crippen molar-refractivity contribution in [2.45, 2.75) is 13.5 Å². The van der Waals surface area contributed by atoms with Crippen LogP contribution in [-0.4, -0.2) is 25.9 Å². The van der Waals surface area contributed by atoms with Gasteiger partial charge >= 0.3 is 0 Å². The zero-order valence-corrected chi connectivity index (χ0v) is 14.7. The summed E-state index contributed by atoms with van der Waals surface area (Å²) in [6.45, 7) is 2.12. The Morgan fingerprint density at radius 1 is 1.23 bits per heavy atom. The maximum atomic E-state index is 12.4. The number of hydrogen-bond acceptors (Lipinski definition) is 5. The van der Waals surface area contributed by atoms with Gasteiger partial charge in [-0.15, -0.1) is 11.3 Å². The fourth-order valence-electron chi connectivity index (χ4n) is 2.59. The van der Waals surface area contributed by atoms with E-state index in [1.807, 2.05) is 37.3 Å². The molecule has 0 aliphatic carbocycles. The standard InChI is InChI=1S/C18H15N5O2S/c1-11-14(22-23(21-11)13-5-3-2-4-6-13)10-20-17(24)15-9-12-7-8-19-18(25)16(12)26-15/h2-9H,10H2,1H3,(H,19,25)(H,20,24). The number of nitrogens with zero attached hydrogens (tertiary/aromatic N) is 3. The van der Waals surface area contributed by atoms with E-state index in [1.165, 1.54) is 11.3 Å². The number of rotatable bonds is 4. The lowest BCUT2D eigenvalue weighted by Crippen LogP contribution is -2.22. The third-order valence-electron chi connectivity index (χ3n) is 3.95. The second-order valence-corrected chi connectivity index (χ2v) is 6.79. The Hall–Kier alpha value is -3.26. The number of H-pyrrole nitrogens is 1. The SMILES string of the molecule is Cc1nn(-c2ccccc2)nc1CNC(=O)c1cc2cc[nH]c(=O)c2s1. The number of para-hydroxylation sites is 1. The molecule has 0 fully saturated rings. The molecule has 2 N–H and O–H groups in total. The van der Waals surface area contributed by atoms with Gasteiger partial charge in [0.1, 0.15) is 10.4 Å². The van der Waals surface area contributed by atoms with E-state index >= 15 is 0 Å². The average molecular weight is 365 g/mol. The number of carbonyl (C=O) groups is 1. The first-order valence-electron chi connectivity index (χ1n) is 7.99. The molecule has 8 heteroatoms. The number of carbonyl (C=O) groups excluding carboxylic acids is 1. The van der Waals surface area contributed by atoms with Crippen LogP contribution in [0.2, 0.25) is 0 Å². The highest BCUT2D eigenvalue weighted by atomic mass is 32.1. The van der Waals surface area contributed by atoms with Crippen LogP contribution in [0.1, 0.15) is 21.1 Å². The van der Waals surface area contributed by atoms with Gasteiger partial charge in [-0.2, -0.15) is 15.0 Å². The Morgan fingerprint density at radius 2 is 2.04 bits per heavy atom. The number of amides is 1. The number of benzene rings is 1. The largest absolute Gasteiger partial charge is 0.346 e. The Kier molecular flexibility index (Phi) is 4.10. The summed E-state index contributed by atoms with van der Waals surface area (Å²) in [6, 6.07) is 13.1. The minimum atomic E-state index is -0.237. The molecule has 26 heavy (non-hydrogen) atoms. The van der Waals surface area contributed by atoms with Gasteiger partial charge in [-0.1, -0.05) is 18.2 Å². The van der Waals surface area contributed by atoms with E-state index in [0.717, 1.165) is 16.8 Å². The minimum absolute atomic E-state index is 0.187. The second kappa shape index (κ2) is 6.57. The Morgan fingerprint density at radius 3 is 2.81 bits per heavy atom. The fourth-order valence-corrected chi connectivity index (χ4v) is 3.56. The summed E-state index contributed by atoms with van der Waals surface area (Å²) in [4.78, 5) is 28.9. The first-order chi connectivity index (χ1) is 12.6. The third-order valence-corrected chi connectivity index (χ3v) is 5.10. The molecule has 0 saturated carbocycles. The van der Waals surface area contributed by atoms with E-state index in [2.05, 4.69) is 20.5 Å². The lowest BCUT2D eigenvalue weighted by atomic mass is 10.3. The topological polar surface area (TPSA) is 92.7 Å². The molecular formula is C18H15N5O2S. The molecule has 0 bridgehead atoms. The summed E-state index contributed by atoms with van der Waals surface area (Å²) in [5, 5.41) is 12.4. The zero-order chi connectivity index (χ0) is 18.1. The second-order valence-electron chi connectivity index (χ2n) is 5.74. The first kappa shape index (κ1) is 16.2. The van der Waals surface area contributed by atoms with E-state index in [-0.39, 0.29) is 18.0 Å². The maximum Gasteiger partial charge on any atom is 0.265 e. The van der Waals surface area contributed by atoms with Crippen molar-refractivity contribution in [2.75, 3.05) is 0 Å². The van der Waals surface area contributed by atoms with Gasteiger partial charge in [0.25, 0.3) is 11.5 Å². The van der Waals surface area contributed by atoms with Crippen molar-refractivity contribution in [1.29, 1.82) is 0 Å². The fraction of sp³-hybridized carbons (Fsp3) is 0.111. The van der Waals surface area contributed by atoms with Gasteiger partial charge < -0.3 is 10.3 Å². The van der Waals surface area contributed by atoms with Gasteiger partial charge in [-0.25, -0.2) is 0 Å². The molecule has 3 heterocycles. The average Bonchev–Trinajstić information content (AvgIpc) is 3.25. The lowest BCUT2D eigenvalue weighted by molar-refractivity contribution is 0.0954. The van der Waals surface area contributed by atoms with Crippen LogP contribution < -0.4 is 10.9 Å². The van der Waals surface area contributed by atoms with Gasteiger partial charge in [0.05, 0.1) is 22.8 Å². The molecule has 0 radical (unpaired) electrons. The van der Waals surface area contributed by atoms with Gasteiger partial charge in [-0.05, 0) is 31.2 Å². The molecule has 3 aromatic heterocycles. The number of nitrogens with one attached hydrogen (secondary N) is 2. The van der Waals surface area contributed by atoms with Crippen LogP contribution >= 0.6 is 11.3 Å². The summed E-state index contributed by atoms with van der Waals surface area (Å²) >= 11 is 1.18. The summed E-state index contributed by atoms with van der Waals surface area (Å²) in [7, 11) is 0. The van der Waals surface area contributed by atoms with Crippen molar-refractivity contribution in [1.82, 2.24) is 25.3 Å². The third kappa shape index (κ3) is 3.02. The number of thiophene rings is 1. The van der Waals surface area contributed by atoms with Crippen LogP contribution in [0, 0.1) is 6.92 Å².